The fraction of sp³-hybridized carbons (Fsp3) is 0.444. The number of carboxylic acid groups (broad SMARTS) is 1. The number of nitrogens with zero attached hydrogens (tertiary/aromatic N) is 3. The molecule has 0 amide bonds. The molecule has 0 unspecified atom stereocenters. The normalized spacial score (nSPS) is 18.2. The molecule has 2 aromatic rings. The van der Waals surface area contributed by atoms with Crippen LogP contribution in [-0.2, 0) is 10.0 Å². The van der Waals surface area contributed by atoms with Crippen LogP contribution in [0.1, 0.15) is 18.9 Å². The average Bonchev–Trinajstić information content (AvgIpc) is 3.54. The van der Waals surface area contributed by atoms with Crippen LogP contribution in [0, 0.1) is 5.82 Å². The molecule has 2 aliphatic rings. The Morgan fingerprint density at radius 1 is 1.12 bits per heavy atom. The topological polar surface area (TPSA) is 109 Å². The number of rotatable bonds is 4. The molecule has 4 rings (SSSR count). The molecule has 1 aromatic heterocycles. The van der Waals surface area contributed by atoms with E-state index in [1.165, 1.54) is 17.2 Å². The van der Waals surface area contributed by atoms with E-state index >= 15 is 0 Å². The minimum absolute atomic E-state index is 0.00209. The first-order chi connectivity index (χ1) is 14.9. The van der Waals surface area contributed by atoms with E-state index in [0.717, 1.165) is 18.9 Å². The van der Waals surface area contributed by atoms with Crippen LogP contribution in [0.25, 0.3) is 10.9 Å². The molecule has 1 aliphatic carbocycles. The van der Waals surface area contributed by atoms with Crippen LogP contribution in [0.2, 0.25) is 0 Å². The Morgan fingerprint density at radius 3 is 2.28 bits per heavy atom. The van der Waals surface area contributed by atoms with Crippen molar-refractivity contribution in [1.29, 1.82) is 0 Å². The molecule has 0 spiro atoms. The highest BCUT2D eigenvalue weighted by Gasteiger charge is 2.50. The number of ether oxygens (including phenoxy) is 1. The lowest BCUT2D eigenvalue weighted by atomic mass is 10.1. The second kappa shape index (κ2) is 7.62. The number of halogens is 4. The third kappa shape index (κ3) is 3.88. The SMILES string of the molecule is O=C(O)Oc1cn(C2CC2)c2cc(N3CCN(S(=O)(=O)C(F)(F)F)CC3)c(F)cc2c1=O. The van der Waals surface area contributed by atoms with Gasteiger partial charge in [0.1, 0.15) is 5.82 Å². The maximum absolute atomic E-state index is 14.9. The van der Waals surface area contributed by atoms with Crippen molar-refractivity contribution in [1.82, 2.24) is 8.87 Å². The largest absolute Gasteiger partial charge is 0.511 e. The minimum atomic E-state index is -5.47. The van der Waals surface area contributed by atoms with Crippen LogP contribution in [0.5, 0.6) is 5.75 Å². The zero-order chi connectivity index (χ0) is 23.4. The molecule has 1 aromatic carbocycles. The van der Waals surface area contributed by atoms with Gasteiger partial charge in [0.25, 0.3) is 0 Å². The number of pyridine rings is 1. The van der Waals surface area contributed by atoms with Crippen LogP contribution in [0.3, 0.4) is 0 Å². The van der Waals surface area contributed by atoms with Crippen molar-refractivity contribution in [3.8, 4) is 5.75 Å². The van der Waals surface area contributed by atoms with E-state index in [1.54, 1.807) is 4.57 Å². The number of fused-ring (bicyclic) bond motifs is 1. The molecule has 32 heavy (non-hydrogen) atoms. The highest BCUT2D eigenvalue weighted by Crippen LogP contribution is 2.39. The fourth-order valence-electron chi connectivity index (χ4n) is 3.71. The Balaban J connectivity index is 1.69. The molecule has 1 aliphatic heterocycles. The first-order valence-electron chi connectivity index (χ1n) is 9.50. The maximum atomic E-state index is 14.9. The Hall–Kier alpha value is -2.87. The van der Waals surface area contributed by atoms with Crippen molar-refractivity contribution in [2.45, 2.75) is 24.4 Å². The van der Waals surface area contributed by atoms with Crippen molar-refractivity contribution in [2.75, 3.05) is 31.1 Å². The number of benzene rings is 1. The molecular weight excluding hydrogens is 462 g/mol. The summed E-state index contributed by atoms with van der Waals surface area (Å²) >= 11 is 0. The Labute approximate surface area is 178 Å². The van der Waals surface area contributed by atoms with Gasteiger partial charge in [-0.1, -0.05) is 0 Å². The van der Waals surface area contributed by atoms with Gasteiger partial charge in [-0.05, 0) is 25.0 Å². The number of anilines is 1. The monoisotopic (exact) mass is 479 g/mol. The third-order valence-corrected chi connectivity index (χ3v) is 7.05. The molecule has 1 saturated carbocycles. The van der Waals surface area contributed by atoms with Crippen molar-refractivity contribution in [3.05, 3.63) is 34.4 Å². The second-order valence-electron chi connectivity index (χ2n) is 7.49. The van der Waals surface area contributed by atoms with Crippen molar-refractivity contribution in [2.24, 2.45) is 0 Å². The van der Waals surface area contributed by atoms with Crippen LogP contribution in [0.15, 0.2) is 23.1 Å². The van der Waals surface area contributed by atoms with E-state index in [1.807, 2.05) is 0 Å². The van der Waals surface area contributed by atoms with Crippen LogP contribution in [0.4, 0.5) is 28.0 Å². The quantitative estimate of drug-likeness (QED) is 0.530. The molecule has 9 nitrogen and oxygen atoms in total. The van der Waals surface area contributed by atoms with Crippen molar-refractivity contribution in [3.63, 3.8) is 0 Å². The molecule has 0 atom stereocenters. The molecule has 0 bridgehead atoms. The van der Waals surface area contributed by atoms with Gasteiger partial charge < -0.3 is 19.3 Å². The molecular formula is C18H17F4N3O6S. The lowest BCUT2D eigenvalue weighted by Gasteiger charge is -2.35. The molecule has 2 fully saturated rings. The van der Waals surface area contributed by atoms with Gasteiger partial charge in [-0.15, -0.1) is 0 Å². The summed E-state index contributed by atoms with van der Waals surface area (Å²) in [6, 6.07) is 2.25. The Kier molecular flexibility index (Phi) is 5.32. The maximum Gasteiger partial charge on any atom is 0.511 e. The first-order valence-corrected chi connectivity index (χ1v) is 10.9. The van der Waals surface area contributed by atoms with E-state index in [9.17, 15) is 35.6 Å². The molecule has 1 N–H and O–H groups in total. The molecule has 1 saturated heterocycles. The predicted molar refractivity (Wildman–Crippen MR) is 104 cm³/mol. The van der Waals surface area contributed by atoms with Crippen LogP contribution in [-0.4, -0.2) is 60.2 Å². The zero-order valence-electron chi connectivity index (χ0n) is 16.3. The molecule has 174 valence electrons. The number of carbonyl (C=O) groups is 1. The van der Waals surface area contributed by atoms with Gasteiger partial charge in [-0.25, -0.2) is 17.6 Å². The van der Waals surface area contributed by atoms with E-state index in [4.69, 9.17) is 5.11 Å². The number of sulfonamides is 1. The first kappa shape index (κ1) is 22.3. The van der Waals surface area contributed by atoms with Gasteiger partial charge in [0, 0.05) is 32.2 Å². The summed E-state index contributed by atoms with van der Waals surface area (Å²) in [5.41, 5.74) is -5.91. The molecule has 14 heteroatoms. The van der Waals surface area contributed by atoms with Gasteiger partial charge in [0.2, 0.25) is 5.43 Å². The van der Waals surface area contributed by atoms with E-state index < -0.39 is 51.8 Å². The second-order valence-corrected chi connectivity index (χ2v) is 9.42. The number of alkyl halides is 3. The summed E-state index contributed by atoms with van der Waals surface area (Å²) in [6.07, 6.45) is 1.06. The van der Waals surface area contributed by atoms with Gasteiger partial charge in [0.15, 0.2) is 5.75 Å². The number of aromatic nitrogens is 1. The van der Waals surface area contributed by atoms with Crippen molar-refractivity contribution < 1.29 is 40.6 Å². The summed E-state index contributed by atoms with van der Waals surface area (Å²) in [5.74, 6) is -1.31. The summed E-state index contributed by atoms with van der Waals surface area (Å²) in [7, 11) is -5.47. The number of piperazine rings is 1. The van der Waals surface area contributed by atoms with E-state index in [-0.39, 0.29) is 30.2 Å². The number of hydrogen-bond donors (Lipinski definition) is 1. The van der Waals surface area contributed by atoms with Crippen LogP contribution >= 0.6 is 0 Å². The fourth-order valence-corrected chi connectivity index (χ4v) is 4.65. The zero-order valence-corrected chi connectivity index (χ0v) is 17.1. The average molecular weight is 479 g/mol. The molecule has 0 radical (unpaired) electrons. The smallest absolute Gasteiger partial charge is 0.449 e. The van der Waals surface area contributed by atoms with Crippen LogP contribution < -0.4 is 15.1 Å². The molecule has 2 heterocycles. The van der Waals surface area contributed by atoms with Gasteiger partial charge in [-0.2, -0.15) is 17.5 Å². The summed E-state index contributed by atoms with van der Waals surface area (Å²) in [5, 5.41) is 8.74. The summed E-state index contributed by atoms with van der Waals surface area (Å²) < 4.78 is 82.8. The third-order valence-electron chi connectivity index (χ3n) is 5.42. The van der Waals surface area contributed by atoms with E-state index in [0.29, 0.717) is 9.82 Å². The highest BCUT2D eigenvalue weighted by atomic mass is 32.2. The Bertz CT molecular complexity index is 1250. The standard InChI is InChI=1S/C18H17F4N3O6S/c19-12-7-11-13(25(10-1-2-10)9-15(16(11)26)31-17(27)28)8-14(12)23-3-5-24(6-4-23)32(29,30)18(20,21)22/h7-10H,1-6H2,(H,27,28). The lowest BCUT2D eigenvalue weighted by molar-refractivity contribution is -0.0490. The number of hydrogen-bond acceptors (Lipinski definition) is 6. The van der Waals surface area contributed by atoms with Crippen molar-refractivity contribution >= 4 is 32.8 Å². The summed E-state index contributed by atoms with van der Waals surface area (Å²) in [6.45, 7) is -1.35. The van der Waals surface area contributed by atoms with Gasteiger partial charge >= 0.3 is 21.7 Å². The van der Waals surface area contributed by atoms with E-state index in [2.05, 4.69) is 4.74 Å². The van der Waals surface area contributed by atoms with Gasteiger partial charge in [-0.3, -0.25) is 4.79 Å². The lowest BCUT2D eigenvalue weighted by Crippen LogP contribution is -2.52. The van der Waals surface area contributed by atoms with Gasteiger partial charge in [0.05, 0.1) is 22.8 Å². The summed E-state index contributed by atoms with van der Waals surface area (Å²) in [4.78, 5) is 24.9. The minimum Gasteiger partial charge on any atom is -0.449 e. The highest BCUT2D eigenvalue weighted by molar-refractivity contribution is 7.90. The predicted octanol–water partition coefficient (Wildman–Crippen LogP) is 2.50. The Morgan fingerprint density at radius 2 is 1.75 bits per heavy atom.